The minimum atomic E-state index is 0.0636. The van der Waals surface area contributed by atoms with Crippen molar-refractivity contribution in [1.29, 1.82) is 0 Å². The first-order valence-corrected chi connectivity index (χ1v) is 5.57. The van der Waals surface area contributed by atoms with Gasteiger partial charge in [-0.2, -0.15) is 0 Å². The van der Waals surface area contributed by atoms with E-state index in [4.69, 9.17) is 0 Å². The van der Waals surface area contributed by atoms with Gasteiger partial charge in [-0.25, -0.2) is 0 Å². The zero-order valence-electron chi connectivity index (χ0n) is 9.71. The lowest BCUT2D eigenvalue weighted by Gasteiger charge is -2.14. The third-order valence-corrected chi connectivity index (χ3v) is 3.39. The predicted octanol–water partition coefficient (Wildman–Crippen LogP) is 3.12. The van der Waals surface area contributed by atoms with Gasteiger partial charge in [0.15, 0.2) is 5.78 Å². The van der Waals surface area contributed by atoms with Gasteiger partial charge in [-0.3, -0.25) is 4.79 Å². The summed E-state index contributed by atoms with van der Waals surface area (Å²) in [6.07, 6.45) is 3.06. The molecule has 0 radical (unpaired) electrons. The third kappa shape index (κ3) is 1.45. The van der Waals surface area contributed by atoms with Crippen LogP contribution < -0.4 is 0 Å². The number of hydrogen-bond donors (Lipinski definition) is 1. The smallest absolute Gasteiger partial charge is 0.167 e. The number of phenolic OH excluding ortho intramolecular Hbond substituents is 1. The van der Waals surface area contributed by atoms with E-state index in [-0.39, 0.29) is 17.5 Å². The number of rotatable bonds is 2. The summed E-state index contributed by atoms with van der Waals surface area (Å²) >= 11 is 0. The van der Waals surface area contributed by atoms with Crippen molar-refractivity contribution in [3.05, 3.63) is 41.0 Å². The van der Waals surface area contributed by atoms with Crippen molar-refractivity contribution in [1.82, 2.24) is 0 Å². The van der Waals surface area contributed by atoms with E-state index in [1.54, 1.807) is 6.08 Å². The average Bonchev–Trinajstić information content (AvgIpc) is 2.65. The number of allylic oxidation sites excluding steroid dienone is 1. The lowest BCUT2D eigenvalue weighted by Crippen LogP contribution is -2.00. The second-order valence-corrected chi connectivity index (χ2v) is 4.43. The Balaban J connectivity index is 2.68. The highest BCUT2D eigenvalue weighted by Crippen LogP contribution is 2.38. The summed E-state index contributed by atoms with van der Waals surface area (Å²) in [5.41, 5.74) is 3.47. The van der Waals surface area contributed by atoms with Crippen LogP contribution in [0.5, 0.6) is 5.75 Å². The number of fused-ring (bicyclic) bond motifs is 1. The van der Waals surface area contributed by atoms with E-state index < -0.39 is 0 Å². The van der Waals surface area contributed by atoms with E-state index in [1.165, 1.54) is 0 Å². The summed E-state index contributed by atoms with van der Waals surface area (Å²) < 4.78 is 0. The highest BCUT2D eigenvalue weighted by atomic mass is 16.3. The van der Waals surface area contributed by atoms with Gasteiger partial charge >= 0.3 is 0 Å². The molecule has 0 amide bonds. The van der Waals surface area contributed by atoms with Crippen LogP contribution in [-0.2, 0) is 6.42 Å². The molecular weight excluding hydrogens is 200 g/mol. The second-order valence-electron chi connectivity index (χ2n) is 4.43. The molecule has 0 unspecified atom stereocenters. The molecule has 0 heterocycles. The van der Waals surface area contributed by atoms with E-state index in [1.807, 2.05) is 19.9 Å². The zero-order valence-corrected chi connectivity index (χ0v) is 9.71. The highest BCUT2D eigenvalue weighted by molar-refractivity contribution is 6.03. The molecule has 0 aromatic heterocycles. The summed E-state index contributed by atoms with van der Waals surface area (Å²) in [4.78, 5) is 11.7. The van der Waals surface area contributed by atoms with Gasteiger partial charge in [-0.05, 0) is 24.5 Å². The first kappa shape index (κ1) is 10.9. The molecule has 1 aromatic rings. The van der Waals surface area contributed by atoms with Crippen LogP contribution in [0, 0.1) is 6.92 Å². The number of hydrogen-bond acceptors (Lipinski definition) is 2. The molecule has 1 aromatic carbocycles. The Morgan fingerprint density at radius 2 is 2.19 bits per heavy atom. The molecule has 0 fully saturated rings. The third-order valence-electron chi connectivity index (χ3n) is 3.39. The maximum atomic E-state index is 11.7. The molecule has 0 saturated carbocycles. The van der Waals surface area contributed by atoms with Crippen LogP contribution in [-0.4, -0.2) is 10.9 Å². The molecule has 0 aliphatic heterocycles. The maximum Gasteiger partial charge on any atom is 0.167 e. The number of ketones is 1. The van der Waals surface area contributed by atoms with Crippen LogP contribution in [0.25, 0.3) is 0 Å². The van der Waals surface area contributed by atoms with Crippen LogP contribution in [0.3, 0.4) is 0 Å². The monoisotopic (exact) mass is 216 g/mol. The summed E-state index contributed by atoms with van der Waals surface area (Å²) in [5.74, 6) is 0.293. The van der Waals surface area contributed by atoms with E-state index in [2.05, 4.69) is 6.58 Å². The Kier molecular flexibility index (Phi) is 2.58. The number of aryl methyl sites for hydroxylation is 1. The molecule has 84 valence electrons. The standard InChI is InChI=1S/C14H16O2/c1-4-8(2)11-7-9(3)10-5-6-12(15)13(10)14(11)16/h4,7-8,16H,1,5-6H2,2-3H3/t8-/m1/s1. The molecular formula is C14H16O2. The van der Waals surface area contributed by atoms with Crippen molar-refractivity contribution in [3.63, 3.8) is 0 Å². The van der Waals surface area contributed by atoms with Gasteiger partial charge in [0.05, 0.1) is 5.56 Å². The van der Waals surface area contributed by atoms with E-state index in [0.717, 1.165) is 23.1 Å². The fraction of sp³-hybridized carbons (Fsp3) is 0.357. The second kappa shape index (κ2) is 3.78. The predicted molar refractivity (Wildman–Crippen MR) is 64.1 cm³/mol. The molecule has 0 spiro atoms. The van der Waals surface area contributed by atoms with Crippen molar-refractivity contribution < 1.29 is 9.90 Å². The van der Waals surface area contributed by atoms with Crippen LogP contribution in [0.15, 0.2) is 18.7 Å². The Morgan fingerprint density at radius 1 is 1.50 bits per heavy atom. The molecule has 2 rings (SSSR count). The van der Waals surface area contributed by atoms with Gasteiger partial charge < -0.3 is 5.11 Å². The van der Waals surface area contributed by atoms with E-state index in [9.17, 15) is 9.90 Å². The first-order valence-electron chi connectivity index (χ1n) is 5.57. The minimum absolute atomic E-state index is 0.0636. The summed E-state index contributed by atoms with van der Waals surface area (Å²) in [7, 11) is 0. The Hall–Kier alpha value is -1.57. The molecule has 2 heteroatoms. The van der Waals surface area contributed by atoms with Gasteiger partial charge in [0, 0.05) is 17.9 Å². The number of aromatic hydroxyl groups is 1. The Morgan fingerprint density at radius 3 is 2.81 bits per heavy atom. The van der Waals surface area contributed by atoms with Crippen molar-refractivity contribution in [2.24, 2.45) is 0 Å². The average molecular weight is 216 g/mol. The SMILES string of the molecule is C=C[C@@H](C)c1cc(C)c2c(c1O)C(=O)CC2. The molecule has 0 bridgehead atoms. The minimum Gasteiger partial charge on any atom is -0.507 e. The quantitative estimate of drug-likeness (QED) is 0.771. The molecule has 1 N–H and O–H groups in total. The van der Waals surface area contributed by atoms with Crippen molar-refractivity contribution >= 4 is 5.78 Å². The molecule has 1 atom stereocenters. The van der Waals surface area contributed by atoms with Crippen molar-refractivity contribution in [2.75, 3.05) is 0 Å². The largest absolute Gasteiger partial charge is 0.507 e. The van der Waals surface area contributed by atoms with Crippen LogP contribution in [0.1, 0.15) is 46.3 Å². The highest BCUT2D eigenvalue weighted by Gasteiger charge is 2.27. The first-order chi connectivity index (χ1) is 7.56. The summed E-state index contributed by atoms with van der Waals surface area (Å²) in [5, 5.41) is 10.1. The fourth-order valence-electron chi connectivity index (χ4n) is 2.33. The number of carbonyl (C=O) groups excluding carboxylic acids is 1. The topological polar surface area (TPSA) is 37.3 Å². The molecule has 2 nitrogen and oxygen atoms in total. The lowest BCUT2D eigenvalue weighted by molar-refractivity contribution is 0.0992. The van der Waals surface area contributed by atoms with E-state index >= 15 is 0 Å². The number of phenols is 1. The van der Waals surface area contributed by atoms with Crippen LogP contribution in [0.2, 0.25) is 0 Å². The number of Topliss-reactive ketones (excluding diaryl/α,β-unsaturated/α-hetero) is 1. The van der Waals surface area contributed by atoms with E-state index in [0.29, 0.717) is 12.0 Å². The van der Waals surface area contributed by atoms with Crippen molar-refractivity contribution in [2.45, 2.75) is 32.6 Å². The lowest BCUT2D eigenvalue weighted by atomic mass is 9.92. The van der Waals surface area contributed by atoms with Crippen molar-refractivity contribution in [3.8, 4) is 5.75 Å². The fourth-order valence-corrected chi connectivity index (χ4v) is 2.33. The summed E-state index contributed by atoms with van der Waals surface area (Å²) in [6, 6.07) is 1.97. The van der Waals surface area contributed by atoms with Gasteiger partial charge in [-0.1, -0.05) is 19.1 Å². The van der Waals surface area contributed by atoms with Gasteiger partial charge in [0.25, 0.3) is 0 Å². The Bertz CT molecular complexity index is 472. The molecule has 0 saturated heterocycles. The zero-order chi connectivity index (χ0) is 11.9. The normalized spacial score (nSPS) is 16.0. The van der Waals surface area contributed by atoms with Crippen LogP contribution in [0.4, 0.5) is 0 Å². The number of carbonyl (C=O) groups is 1. The van der Waals surface area contributed by atoms with Gasteiger partial charge in [-0.15, -0.1) is 6.58 Å². The van der Waals surface area contributed by atoms with Crippen LogP contribution >= 0.6 is 0 Å². The molecule has 1 aliphatic rings. The summed E-state index contributed by atoms with van der Waals surface area (Å²) in [6.45, 7) is 7.69. The Labute approximate surface area is 95.6 Å². The van der Waals surface area contributed by atoms with Gasteiger partial charge in [0.2, 0.25) is 0 Å². The number of benzene rings is 1. The molecule has 16 heavy (non-hydrogen) atoms. The maximum absolute atomic E-state index is 11.7. The molecule has 1 aliphatic carbocycles. The van der Waals surface area contributed by atoms with Gasteiger partial charge in [0.1, 0.15) is 5.75 Å².